The van der Waals surface area contributed by atoms with E-state index in [1.165, 1.54) is 24.8 Å². The summed E-state index contributed by atoms with van der Waals surface area (Å²) >= 11 is 0. The molecule has 3 nitrogen and oxygen atoms in total. The predicted molar refractivity (Wildman–Crippen MR) is 69.0 cm³/mol. The lowest BCUT2D eigenvalue weighted by Crippen LogP contribution is -2.41. The Bertz CT molecular complexity index is 414. The molecule has 1 heterocycles. The smallest absolute Gasteiger partial charge is 0.323 e. The van der Waals surface area contributed by atoms with Gasteiger partial charge in [-0.1, -0.05) is 36.8 Å². The minimum Gasteiger partial charge on any atom is -0.464 e. The summed E-state index contributed by atoms with van der Waals surface area (Å²) in [6, 6.07) is 10.6. The Morgan fingerprint density at radius 1 is 1.17 bits per heavy atom. The van der Waals surface area contributed by atoms with Gasteiger partial charge < -0.3 is 4.74 Å². The fraction of sp³-hybridized carbons (Fsp3) is 0.533. The zero-order valence-electron chi connectivity index (χ0n) is 10.5. The number of carbonyl (C=O) groups is 1. The molecule has 2 fully saturated rings. The second kappa shape index (κ2) is 5.11. The van der Waals surface area contributed by atoms with Crippen LogP contribution in [-0.2, 0) is 9.53 Å². The minimum absolute atomic E-state index is 0.0877. The molecule has 3 rings (SSSR count). The molecule has 0 amide bonds. The van der Waals surface area contributed by atoms with Crippen molar-refractivity contribution in [1.29, 1.82) is 0 Å². The van der Waals surface area contributed by atoms with Crippen LogP contribution in [0, 0.1) is 5.92 Å². The Balaban J connectivity index is 1.75. The lowest BCUT2D eigenvalue weighted by atomic mass is 9.77. The van der Waals surface area contributed by atoms with Crippen LogP contribution in [0.15, 0.2) is 30.3 Å². The molecule has 1 aromatic carbocycles. The SMILES string of the molecule is O=C1OCCC1NC(c1ccccc1)C1CCC1. The van der Waals surface area contributed by atoms with E-state index in [1.807, 2.05) is 6.07 Å². The van der Waals surface area contributed by atoms with Crippen molar-refractivity contribution in [1.82, 2.24) is 5.32 Å². The number of hydrogen-bond acceptors (Lipinski definition) is 3. The molecule has 1 N–H and O–H groups in total. The van der Waals surface area contributed by atoms with Crippen molar-refractivity contribution in [2.75, 3.05) is 6.61 Å². The predicted octanol–water partition coefficient (Wildman–Crippen LogP) is 2.43. The summed E-state index contributed by atoms with van der Waals surface area (Å²) in [5.74, 6) is 0.580. The maximum atomic E-state index is 11.6. The van der Waals surface area contributed by atoms with Gasteiger partial charge >= 0.3 is 5.97 Å². The van der Waals surface area contributed by atoms with Crippen molar-refractivity contribution >= 4 is 5.97 Å². The molecule has 1 aliphatic carbocycles. The third-order valence-electron chi connectivity index (χ3n) is 4.10. The Morgan fingerprint density at radius 3 is 2.50 bits per heavy atom. The van der Waals surface area contributed by atoms with Crippen LogP contribution < -0.4 is 5.32 Å². The molecular formula is C15H19NO2. The van der Waals surface area contributed by atoms with Gasteiger partial charge in [0.2, 0.25) is 0 Å². The van der Waals surface area contributed by atoms with Crippen molar-refractivity contribution in [3.63, 3.8) is 0 Å². The molecule has 0 bridgehead atoms. The van der Waals surface area contributed by atoms with E-state index in [0.29, 0.717) is 18.6 Å². The first kappa shape index (κ1) is 11.7. The van der Waals surface area contributed by atoms with Gasteiger partial charge in [-0.2, -0.15) is 0 Å². The van der Waals surface area contributed by atoms with Gasteiger partial charge in [-0.25, -0.2) is 0 Å². The van der Waals surface area contributed by atoms with E-state index in [-0.39, 0.29) is 12.0 Å². The van der Waals surface area contributed by atoms with Crippen LogP contribution in [0.25, 0.3) is 0 Å². The molecule has 1 saturated heterocycles. The maximum absolute atomic E-state index is 11.6. The second-order valence-corrected chi connectivity index (χ2v) is 5.25. The summed E-state index contributed by atoms with van der Waals surface area (Å²) < 4.78 is 5.03. The van der Waals surface area contributed by atoms with E-state index < -0.39 is 0 Å². The quantitative estimate of drug-likeness (QED) is 0.828. The molecule has 2 unspecified atom stereocenters. The van der Waals surface area contributed by atoms with Crippen LogP contribution in [-0.4, -0.2) is 18.6 Å². The zero-order valence-corrected chi connectivity index (χ0v) is 10.5. The zero-order chi connectivity index (χ0) is 12.4. The van der Waals surface area contributed by atoms with E-state index in [1.54, 1.807) is 0 Å². The van der Waals surface area contributed by atoms with Crippen molar-refractivity contribution in [3.05, 3.63) is 35.9 Å². The van der Waals surface area contributed by atoms with Crippen LogP contribution in [0.3, 0.4) is 0 Å². The lowest BCUT2D eigenvalue weighted by Gasteiger charge is -2.35. The molecule has 1 saturated carbocycles. The monoisotopic (exact) mass is 245 g/mol. The Labute approximate surface area is 108 Å². The summed E-state index contributed by atoms with van der Waals surface area (Å²) in [7, 11) is 0. The van der Waals surface area contributed by atoms with Gasteiger partial charge in [0.1, 0.15) is 6.04 Å². The van der Waals surface area contributed by atoms with Crippen molar-refractivity contribution in [3.8, 4) is 0 Å². The normalized spacial score (nSPS) is 25.6. The van der Waals surface area contributed by atoms with Gasteiger partial charge in [-0.05, 0) is 24.3 Å². The van der Waals surface area contributed by atoms with E-state index in [2.05, 4.69) is 29.6 Å². The van der Waals surface area contributed by atoms with E-state index in [4.69, 9.17) is 4.74 Å². The number of benzene rings is 1. The van der Waals surface area contributed by atoms with Gasteiger partial charge in [0.25, 0.3) is 0 Å². The van der Waals surface area contributed by atoms with E-state index in [9.17, 15) is 4.79 Å². The third kappa shape index (κ3) is 2.27. The third-order valence-corrected chi connectivity index (χ3v) is 4.10. The van der Waals surface area contributed by atoms with Gasteiger partial charge in [-0.3, -0.25) is 10.1 Å². The van der Waals surface area contributed by atoms with E-state index >= 15 is 0 Å². The molecule has 3 heteroatoms. The summed E-state index contributed by atoms with van der Waals surface area (Å²) in [4.78, 5) is 11.6. The molecule has 0 radical (unpaired) electrons. The number of hydrogen-bond donors (Lipinski definition) is 1. The first-order valence-electron chi connectivity index (χ1n) is 6.82. The molecule has 1 aliphatic heterocycles. The minimum atomic E-state index is -0.115. The summed E-state index contributed by atoms with van der Waals surface area (Å²) in [6.45, 7) is 0.558. The summed E-state index contributed by atoms with van der Waals surface area (Å²) in [6.07, 6.45) is 4.63. The van der Waals surface area contributed by atoms with Crippen molar-refractivity contribution in [2.45, 2.75) is 37.8 Å². The number of ether oxygens (including phenoxy) is 1. The van der Waals surface area contributed by atoms with E-state index in [0.717, 1.165) is 6.42 Å². The van der Waals surface area contributed by atoms with Gasteiger partial charge in [0.15, 0.2) is 0 Å². The largest absolute Gasteiger partial charge is 0.464 e. The number of cyclic esters (lactones) is 1. The Morgan fingerprint density at radius 2 is 1.94 bits per heavy atom. The Kier molecular flexibility index (Phi) is 3.33. The highest BCUT2D eigenvalue weighted by molar-refractivity contribution is 5.77. The van der Waals surface area contributed by atoms with Crippen LogP contribution in [0.5, 0.6) is 0 Å². The molecule has 18 heavy (non-hydrogen) atoms. The second-order valence-electron chi connectivity index (χ2n) is 5.25. The highest BCUT2D eigenvalue weighted by Crippen LogP contribution is 2.38. The van der Waals surface area contributed by atoms with Gasteiger partial charge in [-0.15, -0.1) is 0 Å². The summed E-state index contributed by atoms with van der Waals surface area (Å²) in [5.41, 5.74) is 1.29. The molecule has 96 valence electrons. The van der Waals surface area contributed by atoms with Gasteiger partial charge in [0.05, 0.1) is 6.61 Å². The molecule has 1 aromatic rings. The molecule has 2 aliphatic rings. The lowest BCUT2D eigenvalue weighted by molar-refractivity contribution is -0.140. The topological polar surface area (TPSA) is 38.3 Å². The van der Waals surface area contributed by atoms with Crippen LogP contribution in [0.4, 0.5) is 0 Å². The highest BCUT2D eigenvalue weighted by Gasteiger charge is 2.34. The maximum Gasteiger partial charge on any atom is 0.323 e. The number of esters is 1. The average Bonchev–Trinajstić information content (AvgIpc) is 2.73. The molecular weight excluding hydrogens is 226 g/mol. The van der Waals surface area contributed by atoms with Gasteiger partial charge in [0, 0.05) is 12.5 Å². The molecule has 2 atom stereocenters. The van der Waals surface area contributed by atoms with Crippen LogP contribution in [0.2, 0.25) is 0 Å². The summed E-state index contributed by atoms with van der Waals surface area (Å²) in [5, 5.41) is 3.51. The fourth-order valence-electron chi connectivity index (χ4n) is 2.80. The highest BCUT2D eigenvalue weighted by atomic mass is 16.5. The molecule has 0 aromatic heterocycles. The van der Waals surface area contributed by atoms with Crippen molar-refractivity contribution < 1.29 is 9.53 Å². The fourth-order valence-corrected chi connectivity index (χ4v) is 2.80. The van der Waals surface area contributed by atoms with Crippen molar-refractivity contribution in [2.24, 2.45) is 5.92 Å². The first-order chi connectivity index (χ1) is 8.84. The average molecular weight is 245 g/mol. The standard InChI is InChI=1S/C15H19NO2/c17-15-13(9-10-18-15)16-14(12-7-4-8-12)11-5-2-1-3-6-11/h1-3,5-6,12-14,16H,4,7-10H2. The molecule has 0 spiro atoms. The number of rotatable bonds is 4. The van der Waals surface area contributed by atoms with Crippen LogP contribution in [0.1, 0.15) is 37.3 Å². The number of carbonyl (C=O) groups excluding carboxylic acids is 1. The first-order valence-corrected chi connectivity index (χ1v) is 6.82. The Hall–Kier alpha value is -1.35. The van der Waals surface area contributed by atoms with Crippen LogP contribution >= 0.6 is 0 Å². The number of nitrogens with one attached hydrogen (secondary N) is 1.